The third kappa shape index (κ3) is 2.93. The predicted octanol–water partition coefficient (Wildman–Crippen LogP) is 0.571. The summed E-state index contributed by atoms with van der Waals surface area (Å²) in [6.07, 6.45) is 3.47. The van der Waals surface area contributed by atoms with Crippen molar-refractivity contribution in [2.45, 2.75) is 44.7 Å². The molecule has 0 aromatic heterocycles. The van der Waals surface area contributed by atoms with E-state index in [-0.39, 0.29) is 12.6 Å². The first kappa shape index (κ1) is 11.0. The first-order valence-electron chi connectivity index (χ1n) is 5.18. The molecule has 0 bridgehead atoms. The van der Waals surface area contributed by atoms with Crippen LogP contribution >= 0.6 is 0 Å². The molecule has 0 amide bonds. The number of rotatable bonds is 4. The average Bonchev–Trinajstić information content (AvgIpc) is 2.41. The lowest BCUT2D eigenvalue weighted by atomic mass is 10.0. The van der Waals surface area contributed by atoms with Crippen molar-refractivity contribution in [1.29, 1.82) is 0 Å². The van der Waals surface area contributed by atoms with Crippen LogP contribution in [0.3, 0.4) is 0 Å². The first-order valence-corrected chi connectivity index (χ1v) is 5.18. The standard InChI is InChI=1S/C10H22N2O/c1-10(2)5-3-6-12(10)7-4-9(11)8-13/h9,13H,3-8,11H2,1-2H3. The van der Waals surface area contributed by atoms with E-state index in [0.29, 0.717) is 5.54 Å². The van der Waals surface area contributed by atoms with Gasteiger partial charge in [-0.3, -0.25) is 4.90 Å². The van der Waals surface area contributed by atoms with E-state index in [0.717, 1.165) is 13.0 Å². The Kier molecular flexibility index (Phi) is 3.71. The van der Waals surface area contributed by atoms with E-state index in [9.17, 15) is 0 Å². The maximum absolute atomic E-state index is 8.80. The second-order valence-corrected chi connectivity index (χ2v) is 4.63. The third-order valence-electron chi connectivity index (χ3n) is 3.08. The van der Waals surface area contributed by atoms with E-state index < -0.39 is 0 Å². The van der Waals surface area contributed by atoms with Crippen LogP contribution in [0.25, 0.3) is 0 Å². The second kappa shape index (κ2) is 4.40. The topological polar surface area (TPSA) is 49.5 Å². The third-order valence-corrected chi connectivity index (χ3v) is 3.08. The van der Waals surface area contributed by atoms with Crippen molar-refractivity contribution in [3.8, 4) is 0 Å². The fraction of sp³-hybridized carbons (Fsp3) is 1.00. The van der Waals surface area contributed by atoms with Gasteiger partial charge in [-0.25, -0.2) is 0 Å². The molecule has 1 aliphatic rings. The molecule has 0 spiro atoms. The van der Waals surface area contributed by atoms with E-state index in [4.69, 9.17) is 10.8 Å². The monoisotopic (exact) mass is 186 g/mol. The van der Waals surface area contributed by atoms with E-state index in [1.165, 1.54) is 19.4 Å². The van der Waals surface area contributed by atoms with Gasteiger partial charge < -0.3 is 10.8 Å². The van der Waals surface area contributed by atoms with Gasteiger partial charge >= 0.3 is 0 Å². The number of hydrogen-bond donors (Lipinski definition) is 2. The van der Waals surface area contributed by atoms with Crippen LogP contribution in [0.5, 0.6) is 0 Å². The minimum absolute atomic E-state index is 0.0450. The molecular weight excluding hydrogens is 164 g/mol. The Morgan fingerprint density at radius 3 is 2.69 bits per heavy atom. The summed E-state index contributed by atoms with van der Waals surface area (Å²) in [6.45, 7) is 6.88. The summed E-state index contributed by atoms with van der Waals surface area (Å²) >= 11 is 0. The lowest BCUT2D eigenvalue weighted by Crippen LogP contribution is -2.41. The van der Waals surface area contributed by atoms with Crippen molar-refractivity contribution in [1.82, 2.24) is 4.90 Å². The summed E-state index contributed by atoms with van der Waals surface area (Å²) < 4.78 is 0. The number of likely N-dealkylation sites (tertiary alicyclic amines) is 1. The van der Waals surface area contributed by atoms with Crippen molar-refractivity contribution in [3.05, 3.63) is 0 Å². The smallest absolute Gasteiger partial charge is 0.0583 e. The zero-order valence-corrected chi connectivity index (χ0v) is 8.79. The Bertz CT molecular complexity index is 159. The van der Waals surface area contributed by atoms with Crippen molar-refractivity contribution in [2.24, 2.45) is 5.73 Å². The Morgan fingerprint density at radius 2 is 2.23 bits per heavy atom. The van der Waals surface area contributed by atoms with Gasteiger partial charge in [-0.2, -0.15) is 0 Å². The minimum Gasteiger partial charge on any atom is -0.395 e. The first-order chi connectivity index (χ1) is 6.06. The van der Waals surface area contributed by atoms with Crippen LogP contribution in [0, 0.1) is 0 Å². The summed E-state index contributed by atoms with van der Waals surface area (Å²) in [7, 11) is 0. The van der Waals surface area contributed by atoms with E-state index in [2.05, 4.69) is 18.7 Å². The van der Waals surface area contributed by atoms with E-state index in [1.807, 2.05) is 0 Å². The number of aliphatic hydroxyl groups is 1. The van der Waals surface area contributed by atoms with Gasteiger partial charge in [-0.1, -0.05) is 0 Å². The van der Waals surface area contributed by atoms with Gasteiger partial charge in [0.25, 0.3) is 0 Å². The molecule has 3 N–H and O–H groups in total. The SMILES string of the molecule is CC1(C)CCCN1CCC(N)CO. The Labute approximate surface area is 80.9 Å². The van der Waals surface area contributed by atoms with Crippen LogP contribution < -0.4 is 5.73 Å². The fourth-order valence-corrected chi connectivity index (χ4v) is 1.99. The van der Waals surface area contributed by atoms with Gasteiger partial charge in [-0.05, 0) is 39.7 Å². The average molecular weight is 186 g/mol. The van der Waals surface area contributed by atoms with Crippen LogP contribution in [0.2, 0.25) is 0 Å². The molecule has 0 radical (unpaired) electrons. The minimum atomic E-state index is -0.0450. The molecule has 1 heterocycles. The van der Waals surface area contributed by atoms with Crippen molar-refractivity contribution in [2.75, 3.05) is 19.7 Å². The number of nitrogens with two attached hydrogens (primary N) is 1. The molecule has 0 aromatic carbocycles. The molecule has 0 aromatic rings. The zero-order valence-electron chi connectivity index (χ0n) is 8.79. The lowest BCUT2D eigenvalue weighted by molar-refractivity contribution is 0.160. The molecular formula is C10H22N2O. The lowest BCUT2D eigenvalue weighted by Gasteiger charge is -2.32. The van der Waals surface area contributed by atoms with Crippen molar-refractivity contribution < 1.29 is 5.11 Å². The number of aliphatic hydroxyl groups excluding tert-OH is 1. The van der Waals surface area contributed by atoms with Gasteiger partial charge in [0.1, 0.15) is 0 Å². The van der Waals surface area contributed by atoms with Crippen molar-refractivity contribution in [3.63, 3.8) is 0 Å². The molecule has 3 nitrogen and oxygen atoms in total. The Morgan fingerprint density at radius 1 is 1.54 bits per heavy atom. The molecule has 1 unspecified atom stereocenters. The summed E-state index contributed by atoms with van der Waals surface area (Å²) in [5, 5.41) is 8.80. The zero-order chi connectivity index (χ0) is 9.90. The maximum atomic E-state index is 8.80. The highest BCUT2D eigenvalue weighted by Gasteiger charge is 2.31. The van der Waals surface area contributed by atoms with Crippen LogP contribution in [0.1, 0.15) is 33.1 Å². The highest BCUT2D eigenvalue weighted by molar-refractivity contribution is 4.87. The number of nitrogens with zero attached hydrogens (tertiary/aromatic N) is 1. The summed E-state index contributed by atoms with van der Waals surface area (Å²) in [5.41, 5.74) is 6.01. The molecule has 1 aliphatic heterocycles. The fourth-order valence-electron chi connectivity index (χ4n) is 1.99. The molecule has 1 saturated heterocycles. The quantitative estimate of drug-likeness (QED) is 0.675. The van der Waals surface area contributed by atoms with E-state index >= 15 is 0 Å². The van der Waals surface area contributed by atoms with Crippen LogP contribution in [0.15, 0.2) is 0 Å². The van der Waals surface area contributed by atoms with Gasteiger partial charge in [0.15, 0.2) is 0 Å². The van der Waals surface area contributed by atoms with Gasteiger partial charge in [0.05, 0.1) is 6.61 Å². The molecule has 1 atom stereocenters. The largest absolute Gasteiger partial charge is 0.395 e. The van der Waals surface area contributed by atoms with Crippen LogP contribution in [-0.4, -0.2) is 41.3 Å². The summed E-state index contributed by atoms with van der Waals surface area (Å²) in [4.78, 5) is 2.47. The van der Waals surface area contributed by atoms with Crippen LogP contribution in [0.4, 0.5) is 0 Å². The molecule has 13 heavy (non-hydrogen) atoms. The molecule has 1 rings (SSSR count). The summed E-state index contributed by atoms with van der Waals surface area (Å²) in [6, 6.07) is -0.0450. The second-order valence-electron chi connectivity index (χ2n) is 4.63. The summed E-state index contributed by atoms with van der Waals surface area (Å²) in [5.74, 6) is 0. The maximum Gasteiger partial charge on any atom is 0.0583 e. The van der Waals surface area contributed by atoms with Crippen LogP contribution in [-0.2, 0) is 0 Å². The molecule has 1 fully saturated rings. The normalized spacial score (nSPS) is 24.9. The van der Waals surface area contributed by atoms with Gasteiger partial charge in [-0.15, -0.1) is 0 Å². The van der Waals surface area contributed by atoms with Gasteiger partial charge in [0.2, 0.25) is 0 Å². The predicted molar refractivity (Wildman–Crippen MR) is 54.6 cm³/mol. The molecule has 78 valence electrons. The Hall–Kier alpha value is -0.120. The van der Waals surface area contributed by atoms with E-state index in [1.54, 1.807) is 0 Å². The molecule has 3 heteroatoms. The molecule has 0 aliphatic carbocycles. The highest BCUT2D eigenvalue weighted by atomic mass is 16.3. The van der Waals surface area contributed by atoms with Crippen molar-refractivity contribution >= 4 is 0 Å². The van der Waals surface area contributed by atoms with Gasteiger partial charge in [0, 0.05) is 18.1 Å². The Balaban J connectivity index is 2.28. The highest BCUT2D eigenvalue weighted by Crippen LogP contribution is 2.27. The molecule has 0 saturated carbocycles. The number of hydrogen-bond acceptors (Lipinski definition) is 3.